The fraction of sp³-hybridized carbons (Fsp3) is 0.222. The molecule has 10 heteroatoms. The molecule has 1 aromatic carbocycles. The van der Waals surface area contributed by atoms with Crippen LogP contribution < -0.4 is 11.5 Å². The highest BCUT2D eigenvalue weighted by Crippen LogP contribution is 2.24. The van der Waals surface area contributed by atoms with Gasteiger partial charge in [-0.05, 0) is 17.7 Å². The van der Waals surface area contributed by atoms with E-state index in [1.54, 1.807) is 24.3 Å². The number of esters is 2. The van der Waals surface area contributed by atoms with Crippen molar-refractivity contribution in [1.29, 1.82) is 0 Å². The van der Waals surface area contributed by atoms with Crippen molar-refractivity contribution >= 4 is 34.9 Å². The Morgan fingerprint density at radius 2 is 1.75 bits per heavy atom. The smallest absolute Gasteiger partial charge is 0.337 e. The van der Waals surface area contributed by atoms with Crippen LogP contribution in [0, 0.1) is 0 Å². The maximum atomic E-state index is 12.3. The van der Waals surface area contributed by atoms with Gasteiger partial charge in [0, 0.05) is 6.42 Å². The summed E-state index contributed by atoms with van der Waals surface area (Å²) in [6.07, 6.45) is 1.70. The minimum atomic E-state index is -0.653. The summed E-state index contributed by atoms with van der Waals surface area (Å²) in [5.41, 5.74) is 13.5. The average molecular weight is 382 g/mol. The van der Waals surface area contributed by atoms with E-state index in [0.717, 1.165) is 0 Å². The van der Waals surface area contributed by atoms with Crippen LogP contribution in [0.3, 0.4) is 0 Å². The van der Waals surface area contributed by atoms with Gasteiger partial charge >= 0.3 is 11.9 Å². The van der Waals surface area contributed by atoms with Gasteiger partial charge in [-0.15, -0.1) is 0 Å². The van der Waals surface area contributed by atoms with Gasteiger partial charge in [-0.1, -0.05) is 12.1 Å². The molecule has 0 saturated heterocycles. The van der Waals surface area contributed by atoms with Gasteiger partial charge in [0.05, 0.1) is 37.6 Å². The molecule has 0 amide bonds. The summed E-state index contributed by atoms with van der Waals surface area (Å²) in [5, 5.41) is 0. The first kappa shape index (κ1) is 19.0. The van der Waals surface area contributed by atoms with Gasteiger partial charge in [0.1, 0.15) is 0 Å². The Morgan fingerprint density at radius 1 is 1.04 bits per heavy atom. The van der Waals surface area contributed by atoms with Crippen LogP contribution in [0.5, 0.6) is 0 Å². The minimum absolute atomic E-state index is 0.00480. The maximum absolute atomic E-state index is 12.3. The van der Waals surface area contributed by atoms with E-state index in [0.29, 0.717) is 22.3 Å². The number of aromatic nitrogens is 4. The van der Waals surface area contributed by atoms with Crippen LogP contribution in [-0.4, -0.2) is 46.1 Å². The first-order chi connectivity index (χ1) is 13.4. The summed E-state index contributed by atoms with van der Waals surface area (Å²) in [6, 6.07) is 6.50. The number of anilines is 2. The molecule has 0 bridgehead atoms. The third-order valence-corrected chi connectivity index (χ3v) is 4.13. The molecule has 2 heterocycles. The molecule has 144 valence electrons. The van der Waals surface area contributed by atoms with Crippen LogP contribution in [0.15, 0.2) is 30.5 Å². The zero-order valence-corrected chi connectivity index (χ0v) is 15.2. The summed E-state index contributed by atoms with van der Waals surface area (Å²) in [6.45, 7) is 0. The highest BCUT2D eigenvalue weighted by Gasteiger charge is 2.24. The molecular weight excluding hydrogens is 364 g/mol. The zero-order chi connectivity index (χ0) is 20.3. The van der Waals surface area contributed by atoms with Crippen LogP contribution in [0.2, 0.25) is 0 Å². The Bertz CT molecular complexity index is 1040. The first-order valence-electron chi connectivity index (χ1n) is 8.23. The normalized spacial score (nSPS) is 11.8. The van der Waals surface area contributed by atoms with Crippen molar-refractivity contribution in [1.82, 2.24) is 19.9 Å². The molecule has 4 N–H and O–H groups in total. The predicted octanol–water partition coefficient (Wildman–Crippen LogP) is 0.870. The molecule has 10 nitrogen and oxygen atoms in total. The summed E-state index contributed by atoms with van der Waals surface area (Å²) >= 11 is 0. The van der Waals surface area contributed by atoms with E-state index >= 15 is 0 Å². The molecule has 28 heavy (non-hydrogen) atoms. The van der Waals surface area contributed by atoms with Gasteiger partial charge in [-0.3, -0.25) is 4.79 Å². The lowest BCUT2D eigenvalue weighted by Crippen LogP contribution is -2.18. The number of carbonyl (C=O) groups excluding carboxylic acids is 2. The van der Waals surface area contributed by atoms with Crippen LogP contribution in [0.1, 0.15) is 27.5 Å². The topological polar surface area (TPSA) is 156 Å². The van der Waals surface area contributed by atoms with Crippen molar-refractivity contribution in [3.8, 4) is 0 Å². The van der Waals surface area contributed by atoms with Crippen LogP contribution >= 0.6 is 0 Å². The number of benzene rings is 1. The van der Waals surface area contributed by atoms with E-state index in [1.165, 1.54) is 20.4 Å². The van der Waals surface area contributed by atoms with Crippen molar-refractivity contribution in [3.63, 3.8) is 0 Å². The highest BCUT2D eigenvalue weighted by molar-refractivity contribution is 5.89. The van der Waals surface area contributed by atoms with Crippen molar-refractivity contribution in [3.05, 3.63) is 47.3 Å². The lowest BCUT2D eigenvalue weighted by molar-refractivity contribution is -0.142. The molecule has 1 atom stereocenters. The molecule has 2 aromatic heterocycles. The Morgan fingerprint density at radius 3 is 2.39 bits per heavy atom. The van der Waals surface area contributed by atoms with E-state index < -0.39 is 17.9 Å². The Balaban J connectivity index is 1.94. The molecule has 0 radical (unpaired) electrons. The van der Waals surface area contributed by atoms with Gasteiger partial charge in [0.25, 0.3) is 0 Å². The van der Waals surface area contributed by atoms with Crippen molar-refractivity contribution in [2.24, 2.45) is 0 Å². The van der Waals surface area contributed by atoms with Gasteiger partial charge in [0.15, 0.2) is 17.0 Å². The number of hydrogen-bond donors (Lipinski definition) is 2. The molecule has 0 spiro atoms. The maximum Gasteiger partial charge on any atom is 0.337 e. The fourth-order valence-electron chi connectivity index (χ4n) is 2.74. The lowest BCUT2D eigenvalue weighted by Gasteiger charge is -2.15. The fourth-order valence-corrected chi connectivity index (χ4v) is 2.74. The number of nitrogens with zero attached hydrogens (tertiary/aromatic N) is 4. The number of carbonyl (C=O) groups is 2. The molecule has 0 aliphatic heterocycles. The number of rotatable bonds is 5. The van der Waals surface area contributed by atoms with Crippen LogP contribution in [0.25, 0.3) is 11.2 Å². The molecule has 0 aliphatic rings. The average Bonchev–Trinajstić information content (AvgIpc) is 2.71. The van der Waals surface area contributed by atoms with E-state index in [9.17, 15) is 9.59 Å². The number of ether oxygens (including phenoxy) is 2. The second kappa shape index (κ2) is 7.82. The van der Waals surface area contributed by atoms with E-state index in [4.69, 9.17) is 16.2 Å². The SMILES string of the molecule is COC(=O)c1ccc(C(Cc2cnc3nc(N)nc(N)c3n2)C(=O)OC)cc1. The Hall–Kier alpha value is -3.82. The number of hydrogen-bond acceptors (Lipinski definition) is 10. The summed E-state index contributed by atoms with van der Waals surface area (Å²) in [7, 11) is 2.60. The monoisotopic (exact) mass is 382 g/mol. The number of fused-ring (bicyclic) bond motifs is 1. The number of nitrogens with two attached hydrogens (primary N) is 2. The minimum Gasteiger partial charge on any atom is -0.469 e. The van der Waals surface area contributed by atoms with Gasteiger partial charge in [0.2, 0.25) is 5.95 Å². The largest absolute Gasteiger partial charge is 0.469 e. The zero-order valence-electron chi connectivity index (χ0n) is 15.2. The van der Waals surface area contributed by atoms with Crippen LogP contribution in [0.4, 0.5) is 11.8 Å². The van der Waals surface area contributed by atoms with Gasteiger partial charge in [-0.25, -0.2) is 14.8 Å². The summed E-state index contributed by atoms with van der Waals surface area (Å²) in [4.78, 5) is 40.4. The quantitative estimate of drug-likeness (QED) is 0.607. The molecule has 3 aromatic rings. The van der Waals surface area contributed by atoms with Gasteiger partial charge in [-0.2, -0.15) is 9.97 Å². The van der Waals surface area contributed by atoms with Crippen molar-refractivity contribution < 1.29 is 19.1 Å². The predicted molar refractivity (Wildman–Crippen MR) is 100 cm³/mol. The third-order valence-electron chi connectivity index (χ3n) is 4.13. The third kappa shape index (κ3) is 3.80. The van der Waals surface area contributed by atoms with E-state index in [2.05, 4.69) is 24.7 Å². The van der Waals surface area contributed by atoms with E-state index in [-0.39, 0.29) is 23.8 Å². The van der Waals surface area contributed by atoms with Crippen molar-refractivity contribution in [2.75, 3.05) is 25.7 Å². The highest BCUT2D eigenvalue weighted by atomic mass is 16.5. The van der Waals surface area contributed by atoms with E-state index in [1.807, 2.05) is 0 Å². The van der Waals surface area contributed by atoms with Gasteiger partial charge < -0.3 is 20.9 Å². The molecule has 3 rings (SSSR count). The summed E-state index contributed by atoms with van der Waals surface area (Å²) in [5.74, 6) is -1.45. The Labute approximate surface area is 159 Å². The van der Waals surface area contributed by atoms with Crippen molar-refractivity contribution in [2.45, 2.75) is 12.3 Å². The van der Waals surface area contributed by atoms with Crippen LogP contribution in [-0.2, 0) is 20.7 Å². The molecule has 1 unspecified atom stereocenters. The first-order valence-corrected chi connectivity index (χ1v) is 8.23. The molecule has 0 saturated carbocycles. The summed E-state index contributed by atoms with van der Waals surface area (Å²) < 4.78 is 9.60. The number of nitrogen functional groups attached to an aromatic ring is 2. The standard InChI is InChI=1S/C18H18N6O4/c1-27-16(25)10-5-3-9(4-6-10)12(17(26)28-2)7-11-8-21-15-13(22-11)14(19)23-18(20)24-15/h3-6,8,12H,7H2,1-2H3,(H4,19,20,21,23,24). The number of methoxy groups -OCH3 is 2. The Kier molecular flexibility index (Phi) is 5.30. The second-order valence-corrected chi connectivity index (χ2v) is 5.89. The lowest BCUT2D eigenvalue weighted by atomic mass is 9.93. The molecule has 0 aliphatic carbocycles. The molecular formula is C18H18N6O4. The molecule has 0 fully saturated rings. The second-order valence-electron chi connectivity index (χ2n) is 5.89.